The number of rotatable bonds is 1. The second-order valence-corrected chi connectivity index (χ2v) is 2.10. The van der Waals surface area contributed by atoms with Crippen molar-refractivity contribution in [2.75, 3.05) is 0 Å². The summed E-state index contributed by atoms with van der Waals surface area (Å²) in [6.45, 7) is 0. The van der Waals surface area contributed by atoms with E-state index in [9.17, 15) is 18.0 Å². The van der Waals surface area contributed by atoms with Crippen molar-refractivity contribution >= 4 is 5.91 Å². The maximum atomic E-state index is 12.0. The van der Waals surface area contributed by atoms with Crippen molar-refractivity contribution in [1.82, 2.24) is 4.57 Å². The average molecular weight is 178 g/mol. The topological polar surface area (TPSA) is 48.0 Å². The van der Waals surface area contributed by atoms with Crippen molar-refractivity contribution in [2.45, 2.75) is 6.30 Å². The third kappa shape index (κ3) is 1.41. The van der Waals surface area contributed by atoms with E-state index >= 15 is 0 Å². The molecule has 1 aromatic heterocycles. The fraction of sp³-hybridized carbons (Fsp3) is 0.167. The largest absolute Gasteiger partial charge is 0.489 e. The molecule has 0 aliphatic rings. The lowest BCUT2D eigenvalue weighted by Gasteiger charge is -2.09. The third-order valence-electron chi connectivity index (χ3n) is 1.27. The molecular formula is C6H5F3N2O. The Hall–Kier alpha value is -1.46. The highest BCUT2D eigenvalue weighted by Gasteiger charge is 2.33. The Morgan fingerprint density at radius 3 is 2.42 bits per heavy atom. The number of halogens is 3. The van der Waals surface area contributed by atoms with Gasteiger partial charge in [-0.25, -0.2) is 0 Å². The molecule has 1 rings (SSSR count). The molecule has 1 amide bonds. The van der Waals surface area contributed by atoms with E-state index in [1.165, 1.54) is 0 Å². The first-order chi connectivity index (χ1) is 5.43. The minimum absolute atomic E-state index is 0.130. The van der Waals surface area contributed by atoms with Crippen LogP contribution in [-0.2, 0) is 6.30 Å². The van der Waals surface area contributed by atoms with E-state index < -0.39 is 17.9 Å². The molecule has 0 aliphatic heterocycles. The maximum Gasteiger partial charge on any atom is 0.489 e. The van der Waals surface area contributed by atoms with Gasteiger partial charge < -0.3 is 5.73 Å². The molecule has 3 nitrogen and oxygen atoms in total. The van der Waals surface area contributed by atoms with Gasteiger partial charge in [0.25, 0.3) is 5.91 Å². The Labute approximate surface area is 65.6 Å². The fourth-order valence-electron chi connectivity index (χ4n) is 0.803. The highest BCUT2D eigenvalue weighted by atomic mass is 19.4. The molecule has 0 saturated heterocycles. The summed E-state index contributed by atoms with van der Waals surface area (Å²) in [6.07, 6.45) is -3.85. The Balaban J connectivity index is 3.17. The van der Waals surface area contributed by atoms with Crippen molar-refractivity contribution in [3.8, 4) is 0 Å². The number of hydrogen-bond acceptors (Lipinski definition) is 1. The van der Waals surface area contributed by atoms with Crippen LogP contribution in [0.4, 0.5) is 13.2 Å². The molecule has 0 atom stereocenters. The van der Waals surface area contributed by atoms with Crippen molar-refractivity contribution in [1.29, 1.82) is 0 Å². The molecule has 0 unspecified atom stereocenters. The predicted octanol–water partition coefficient (Wildman–Crippen LogP) is 1.06. The Kier molecular flexibility index (Phi) is 1.83. The molecule has 66 valence electrons. The molecule has 0 aromatic carbocycles. The van der Waals surface area contributed by atoms with Crippen LogP contribution in [0, 0.1) is 0 Å². The number of nitrogens with zero attached hydrogens (tertiary/aromatic N) is 1. The molecule has 1 heterocycles. The zero-order chi connectivity index (χ0) is 9.35. The van der Waals surface area contributed by atoms with Crippen LogP contribution in [0.2, 0.25) is 0 Å². The van der Waals surface area contributed by atoms with E-state index in [-0.39, 0.29) is 4.57 Å². The maximum absolute atomic E-state index is 12.0. The van der Waals surface area contributed by atoms with E-state index in [1.807, 2.05) is 0 Å². The highest BCUT2D eigenvalue weighted by molar-refractivity contribution is 5.91. The van der Waals surface area contributed by atoms with Gasteiger partial charge in [-0.3, -0.25) is 9.36 Å². The molecule has 1 aromatic rings. The second-order valence-electron chi connectivity index (χ2n) is 2.10. The van der Waals surface area contributed by atoms with E-state index in [1.54, 1.807) is 0 Å². The molecule has 0 aliphatic carbocycles. The summed E-state index contributed by atoms with van der Waals surface area (Å²) in [5.41, 5.74) is 4.13. The van der Waals surface area contributed by atoms with Gasteiger partial charge >= 0.3 is 6.30 Å². The van der Waals surface area contributed by atoms with Crippen molar-refractivity contribution < 1.29 is 18.0 Å². The van der Waals surface area contributed by atoms with Crippen LogP contribution in [0.3, 0.4) is 0 Å². The van der Waals surface area contributed by atoms with Crippen LogP contribution in [0.25, 0.3) is 0 Å². The molecule has 2 N–H and O–H groups in total. The highest BCUT2D eigenvalue weighted by Crippen LogP contribution is 2.24. The minimum Gasteiger partial charge on any atom is -0.364 e. The molecule has 6 heteroatoms. The van der Waals surface area contributed by atoms with Crippen LogP contribution in [-0.4, -0.2) is 10.5 Å². The average Bonchev–Trinajstić information content (AvgIpc) is 2.30. The van der Waals surface area contributed by atoms with Gasteiger partial charge in [-0.1, -0.05) is 0 Å². The van der Waals surface area contributed by atoms with Crippen LogP contribution in [0.15, 0.2) is 18.3 Å². The molecule has 0 bridgehead atoms. The Bertz CT molecular complexity index is 302. The first-order valence-electron chi connectivity index (χ1n) is 2.97. The Morgan fingerprint density at radius 2 is 2.08 bits per heavy atom. The SMILES string of the molecule is NC(=O)c1cccn1C(F)(F)F. The standard InChI is InChI=1S/C6H5F3N2O/c7-6(8,9)11-3-1-2-4(11)5(10)12/h1-3H,(H2,10,12). The van der Waals surface area contributed by atoms with Gasteiger partial charge in [-0.15, -0.1) is 13.2 Å². The van der Waals surface area contributed by atoms with E-state index in [4.69, 9.17) is 5.73 Å². The van der Waals surface area contributed by atoms with Crippen LogP contribution in [0.1, 0.15) is 10.5 Å². The monoisotopic (exact) mass is 178 g/mol. The molecule has 0 saturated carbocycles. The van der Waals surface area contributed by atoms with Gasteiger partial charge in [0.05, 0.1) is 0 Å². The van der Waals surface area contributed by atoms with Crippen LogP contribution >= 0.6 is 0 Å². The van der Waals surface area contributed by atoms with Crippen LogP contribution < -0.4 is 5.73 Å². The lowest BCUT2D eigenvalue weighted by molar-refractivity contribution is -0.204. The smallest absolute Gasteiger partial charge is 0.364 e. The summed E-state index contributed by atoms with van der Waals surface area (Å²) in [4.78, 5) is 10.4. The number of alkyl halides is 3. The summed E-state index contributed by atoms with van der Waals surface area (Å²) >= 11 is 0. The first-order valence-corrected chi connectivity index (χ1v) is 2.97. The van der Waals surface area contributed by atoms with Gasteiger partial charge in [0.1, 0.15) is 5.69 Å². The van der Waals surface area contributed by atoms with Gasteiger partial charge in [-0.05, 0) is 12.1 Å². The predicted molar refractivity (Wildman–Crippen MR) is 34.2 cm³/mol. The summed E-state index contributed by atoms with van der Waals surface area (Å²) < 4.78 is 35.9. The zero-order valence-electron chi connectivity index (χ0n) is 5.80. The lowest BCUT2D eigenvalue weighted by atomic mass is 10.4. The van der Waals surface area contributed by atoms with Crippen molar-refractivity contribution in [3.63, 3.8) is 0 Å². The summed E-state index contributed by atoms with van der Waals surface area (Å²) in [5, 5.41) is 0. The normalized spacial score (nSPS) is 11.6. The zero-order valence-corrected chi connectivity index (χ0v) is 5.80. The van der Waals surface area contributed by atoms with Gasteiger partial charge in [0.15, 0.2) is 0 Å². The van der Waals surface area contributed by atoms with Crippen LogP contribution in [0.5, 0.6) is 0 Å². The molecule has 0 radical (unpaired) electrons. The quantitative estimate of drug-likeness (QED) is 0.686. The third-order valence-corrected chi connectivity index (χ3v) is 1.27. The first kappa shape index (κ1) is 8.63. The number of amides is 1. The fourth-order valence-corrected chi connectivity index (χ4v) is 0.803. The molecular weight excluding hydrogens is 173 g/mol. The number of carbonyl (C=O) groups excluding carboxylic acids is 1. The summed E-state index contributed by atoms with van der Waals surface area (Å²) in [7, 11) is 0. The van der Waals surface area contributed by atoms with Gasteiger partial charge in [0, 0.05) is 6.20 Å². The van der Waals surface area contributed by atoms with E-state index in [0.29, 0.717) is 0 Å². The second kappa shape index (κ2) is 2.54. The Morgan fingerprint density at radius 1 is 1.50 bits per heavy atom. The van der Waals surface area contributed by atoms with E-state index in [2.05, 4.69) is 0 Å². The number of aromatic nitrogens is 1. The van der Waals surface area contributed by atoms with E-state index in [0.717, 1.165) is 18.3 Å². The number of nitrogens with two attached hydrogens (primary N) is 1. The van der Waals surface area contributed by atoms with Crippen molar-refractivity contribution in [2.24, 2.45) is 5.73 Å². The lowest BCUT2D eigenvalue weighted by Crippen LogP contribution is -2.24. The molecule has 0 spiro atoms. The van der Waals surface area contributed by atoms with Crippen molar-refractivity contribution in [3.05, 3.63) is 24.0 Å². The molecule has 0 fully saturated rings. The minimum atomic E-state index is -4.59. The summed E-state index contributed by atoms with van der Waals surface area (Å²) in [6, 6.07) is 2.11. The number of primary amides is 1. The summed E-state index contributed by atoms with van der Waals surface area (Å²) in [5.74, 6) is -1.10. The van der Waals surface area contributed by atoms with Gasteiger partial charge in [0.2, 0.25) is 0 Å². The number of carbonyl (C=O) groups is 1. The number of hydrogen-bond donors (Lipinski definition) is 1. The molecule has 12 heavy (non-hydrogen) atoms. The van der Waals surface area contributed by atoms with Gasteiger partial charge in [-0.2, -0.15) is 0 Å².